The van der Waals surface area contributed by atoms with Crippen molar-refractivity contribution in [2.24, 2.45) is 17.8 Å². The molecule has 2 heteroatoms. The molecule has 1 aliphatic rings. The zero-order valence-corrected chi connectivity index (χ0v) is 8.88. The third-order valence-electron chi connectivity index (χ3n) is 3.34. The van der Waals surface area contributed by atoms with Gasteiger partial charge < -0.3 is 4.74 Å². The maximum Gasteiger partial charge on any atom is 0.308 e. The summed E-state index contributed by atoms with van der Waals surface area (Å²) in [6.07, 6.45) is 4.92. The van der Waals surface area contributed by atoms with E-state index >= 15 is 0 Å². The molecule has 1 rings (SSSR count). The molecule has 0 saturated heterocycles. The van der Waals surface area contributed by atoms with Crippen LogP contribution in [0.15, 0.2) is 0 Å². The monoisotopic (exact) mass is 184 g/mol. The highest BCUT2D eigenvalue weighted by molar-refractivity contribution is 5.72. The van der Waals surface area contributed by atoms with Gasteiger partial charge in [0.1, 0.15) is 0 Å². The second-order valence-corrected chi connectivity index (χ2v) is 4.33. The Morgan fingerprint density at radius 3 is 2.31 bits per heavy atom. The van der Waals surface area contributed by atoms with E-state index in [0.29, 0.717) is 5.92 Å². The first kappa shape index (κ1) is 10.6. The zero-order valence-electron chi connectivity index (χ0n) is 8.88. The third-order valence-corrected chi connectivity index (χ3v) is 3.34. The lowest BCUT2D eigenvalue weighted by Gasteiger charge is -2.29. The van der Waals surface area contributed by atoms with E-state index in [0.717, 1.165) is 5.92 Å². The first-order valence-electron chi connectivity index (χ1n) is 5.23. The Morgan fingerprint density at radius 1 is 1.31 bits per heavy atom. The van der Waals surface area contributed by atoms with Crippen molar-refractivity contribution in [2.75, 3.05) is 7.11 Å². The summed E-state index contributed by atoms with van der Waals surface area (Å²) >= 11 is 0. The van der Waals surface area contributed by atoms with E-state index in [1.807, 2.05) is 6.92 Å². The molecule has 76 valence electrons. The Kier molecular flexibility index (Phi) is 3.76. The number of methoxy groups -OCH3 is 1. The van der Waals surface area contributed by atoms with Gasteiger partial charge in [-0.2, -0.15) is 0 Å². The van der Waals surface area contributed by atoms with Gasteiger partial charge in [-0.1, -0.05) is 26.7 Å². The van der Waals surface area contributed by atoms with E-state index < -0.39 is 0 Å². The molecule has 0 bridgehead atoms. The Hall–Kier alpha value is -0.530. The van der Waals surface area contributed by atoms with E-state index in [2.05, 4.69) is 6.92 Å². The van der Waals surface area contributed by atoms with Crippen molar-refractivity contribution in [1.29, 1.82) is 0 Å². The molecule has 0 heterocycles. The molecule has 0 aliphatic heterocycles. The topological polar surface area (TPSA) is 26.3 Å². The first-order chi connectivity index (χ1) is 6.15. The molecule has 0 radical (unpaired) electrons. The van der Waals surface area contributed by atoms with Crippen LogP contribution in [0.1, 0.15) is 39.5 Å². The number of hydrogen-bond donors (Lipinski definition) is 0. The summed E-state index contributed by atoms with van der Waals surface area (Å²) in [5.74, 6) is 1.46. The van der Waals surface area contributed by atoms with Crippen LogP contribution in [0.5, 0.6) is 0 Å². The van der Waals surface area contributed by atoms with Crippen molar-refractivity contribution in [3.05, 3.63) is 0 Å². The number of carbonyl (C=O) groups is 1. The van der Waals surface area contributed by atoms with Gasteiger partial charge in [0.2, 0.25) is 0 Å². The summed E-state index contributed by atoms with van der Waals surface area (Å²) in [6, 6.07) is 0. The van der Waals surface area contributed by atoms with Crippen LogP contribution in [0.2, 0.25) is 0 Å². The summed E-state index contributed by atoms with van der Waals surface area (Å²) in [6.45, 7) is 4.28. The lowest BCUT2D eigenvalue weighted by molar-refractivity contribution is -0.147. The van der Waals surface area contributed by atoms with Crippen LogP contribution in [0.25, 0.3) is 0 Å². The van der Waals surface area contributed by atoms with Crippen LogP contribution in [0.4, 0.5) is 0 Å². The van der Waals surface area contributed by atoms with Crippen LogP contribution < -0.4 is 0 Å². The molecule has 1 saturated carbocycles. The largest absolute Gasteiger partial charge is 0.469 e. The van der Waals surface area contributed by atoms with Crippen molar-refractivity contribution >= 4 is 5.97 Å². The number of hydrogen-bond acceptors (Lipinski definition) is 2. The SMILES string of the molecule is COC(=O)C(C)C1CCC(C)CC1. The molecular formula is C11H20O2. The van der Waals surface area contributed by atoms with Gasteiger partial charge in [-0.3, -0.25) is 4.79 Å². The average Bonchev–Trinajstić information content (AvgIpc) is 2.17. The van der Waals surface area contributed by atoms with E-state index in [-0.39, 0.29) is 11.9 Å². The van der Waals surface area contributed by atoms with Crippen LogP contribution in [-0.4, -0.2) is 13.1 Å². The van der Waals surface area contributed by atoms with E-state index in [9.17, 15) is 4.79 Å². The molecule has 1 atom stereocenters. The van der Waals surface area contributed by atoms with Crippen LogP contribution in [-0.2, 0) is 9.53 Å². The summed E-state index contributed by atoms with van der Waals surface area (Å²) in [7, 11) is 1.48. The van der Waals surface area contributed by atoms with Crippen molar-refractivity contribution < 1.29 is 9.53 Å². The number of ether oxygens (including phenoxy) is 1. The predicted octanol–water partition coefficient (Wildman–Crippen LogP) is 2.62. The Balaban J connectivity index is 2.39. The van der Waals surface area contributed by atoms with E-state index in [4.69, 9.17) is 4.74 Å². The van der Waals surface area contributed by atoms with Crippen molar-refractivity contribution in [3.8, 4) is 0 Å². The molecule has 1 fully saturated rings. The fraction of sp³-hybridized carbons (Fsp3) is 0.909. The summed E-state index contributed by atoms with van der Waals surface area (Å²) in [5, 5.41) is 0. The van der Waals surface area contributed by atoms with Crippen molar-refractivity contribution in [3.63, 3.8) is 0 Å². The van der Waals surface area contributed by atoms with Gasteiger partial charge in [0.05, 0.1) is 13.0 Å². The maximum absolute atomic E-state index is 11.3. The Bertz CT molecular complexity index is 169. The minimum Gasteiger partial charge on any atom is -0.469 e. The van der Waals surface area contributed by atoms with Gasteiger partial charge in [0, 0.05) is 0 Å². The number of carbonyl (C=O) groups excluding carboxylic acids is 1. The fourth-order valence-electron chi connectivity index (χ4n) is 2.16. The third kappa shape index (κ3) is 2.71. The lowest BCUT2D eigenvalue weighted by atomic mass is 9.77. The number of rotatable bonds is 2. The van der Waals surface area contributed by atoms with E-state index in [1.54, 1.807) is 0 Å². The lowest BCUT2D eigenvalue weighted by Crippen LogP contribution is -2.25. The van der Waals surface area contributed by atoms with Crippen molar-refractivity contribution in [2.45, 2.75) is 39.5 Å². The Morgan fingerprint density at radius 2 is 1.85 bits per heavy atom. The molecule has 13 heavy (non-hydrogen) atoms. The van der Waals surface area contributed by atoms with Gasteiger partial charge in [0.25, 0.3) is 0 Å². The quantitative estimate of drug-likeness (QED) is 0.617. The Labute approximate surface area is 80.7 Å². The molecule has 1 unspecified atom stereocenters. The van der Waals surface area contributed by atoms with Crippen molar-refractivity contribution in [1.82, 2.24) is 0 Å². The minimum atomic E-state index is -0.0421. The van der Waals surface area contributed by atoms with E-state index in [1.165, 1.54) is 32.8 Å². The standard InChI is InChI=1S/C11H20O2/c1-8-4-6-10(7-5-8)9(2)11(12)13-3/h8-10H,4-7H2,1-3H3. The van der Waals surface area contributed by atoms with Crippen LogP contribution >= 0.6 is 0 Å². The van der Waals surface area contributed by atoms with Gasteiger partial charge in [-0.25, -0.2) is 0 Å². The zero-order chi connectivity index (χ0) is 9.84. The molecule has 1 aliphatic carbocycles. The second kappa shape index (κ2) is 4.64. The van der Waals surface area contributed by atoms with Gasteiger partial charge in [-0.05, 0) is 24.7 Å². The molecule has 0 aromatic carbocycles. The van der Waals surface area contributed by atoms with Crippen LogP contribution in [0, 0.1) is 17.8 Å². The highest BCUT2D eigenvalue weighted by Crippen LogP contribution is 2.33. The minimum absolute atomic E-state index is 0.0421. The molecule has 2 nitrogen and oxygen atoms in total. The predicted molar refractivity (Wildman–Crippen MR) is 52.3 cm³/mol. The normalized spacial score (nSPS) is 31.0. The van der Waals surface area contributed by atoms with Gasteiger partial charge in [-0.15, -0.1) is 0 Å². The maximum atomic E-state index is 11.3. The van der Waals surface area contributed by atoms with Gasteiger partial charge >= 0.3 is 5.97 Å². The molecule has 0 spiro atoms. The molecule has 0 aromatic heterocycles. The molecule has 0 aromatic rings. The first-order valence-corrected chi connectivity index (χ1v) is 5.23. The summed E-state index contributed by atoms with van der Waals surface area (Å²) < 4.78 is 4.75. The van der Waals surface area contributed by atoms with Crippen LogP contribution in [0.3, 0.4) is 0 Å². The molecular weight excluding hydrogens is 164 g/mol. The fourth-order valence-corrected chi connectivity index (χ4v) is 2.16. The summed E-state index contributed by atoms with van der Waals surface area (Å²) in [5.41, 5.74) is 0. The number of esters is 1. The molecule has 0 amide bonds. The molecule has 0 N–H and O–H groups in total. The second-order valence-electron chi connectivity index (χ2n) is 4.33. The summed E-state index contributed by atoms with van der Waals surface area (Å²) in [4.78, 5) is 11.3. The smallest absolute Gasteiger partial charge is 0.308 e. The van der Waals surface area contributed by atoms with Gasteiger partial charge in [0.15, 0.2) is 0 Å². The highest BCUT2D eigenvalue weighted by atomic mass is 16.5. The highest BCUT2D eigenvalue weighted by Gasteiger charge is 2.27. The average molecular weight is 184 g/mol.